The number of hydrogen-bond donors (Lipinski definition) is 1. The normalized spacial score (nSPS) is 17.5. The number of fused-ring (bicyclic) bond motifs is 3. The van der Waals surface area contributed by atoms with Crippen molar-refractivity contribution in [3.8, 4) is 22.5 Å². The van der Waals surface area contributed by atoms with Gasteiger partial charge in [0.15, 0.2) is 0 Å². The molecule has 2 aliphatic rings. The van der Waals surface area contributed by atoms with E-state index in [2.05, 4.69) is 46.6 Å². The Labute approximate surface area is 210 Å². The third kappa shape index (κ3) is 3.94. The van der Waals surface area contributed by atoms with Crippen molar-refractivity contribution in [1.82, 2.24) is 34.4 Å². The van der Waals surface area contributed by atoms with E-state index in [1.165, 1.54) is 0 Å². The summed E-state index contributed by atoms with van der Waals surface area (Å²) in [6.07, 6.45) is 8.44. The monoisotopic (exact) mass is 482 g/mol. The Morgan fingerprint density at radius 2 is 1.89 bits per heavy atom. The van der Waals surface area contributed by atoms with Crippen molar-refractivity contribution >= 4 is 17.5 Å². The highest BCUT2D eigenvalue weighted by Gasteiger charge is 2.30. The highest BCUT2D eigenvalue weighted by Crippen LogP contribution is 2.43. The molecule has 1 atom stereocenters. The lowest BCUT2D eigenvalue weighted by Gasteiger charge is -2.31. The standard InChI is InChI=1S/C27H30N8O/c1-17-13-23-24(26(33(3)32-23)19-7-5-4-6-8-19)25-22(17)15-28-27(31-25)30-20-14-29-35(16-20)21-9-11-34(12-10-21)18(2)36/h4-8,14-17,21H,9-13H2,1-3H3,(H,28,30,31). The first kappa shape index (κ1) is 22.5. The molecule has 0 radical (unpaired) electrons. The summed E-state index contributed by atoms with van der Waals surface area (Å²) < 4.78 is 3.96. The minimum Gasteiger partial charge on any atom is -0.343 e. The van der Waals surface area contributed by atoms with E-state index in [-0.39, 0.29) is 11.9 Å². The molecule has 0 spiro atoms. The van der Waals surface area contributed by atoms with E-state index < -0.39 is 0 Å². The number of amides is 1. The summed E-state index contributed by atoms with van der Waals surface area (Å²) in [5.74, 6) is 0.980. The number of benzene rings is 1. The summed E-state index contributed by atoms with van der Waals surface area (Å²) in [5, 5.41) is 12.8. The maximum Gasteiger partial charge on any atom is 0.227 e. The van der Waals surface area contributed by atoms with Crippen LogP contribution < -0.4 is 5.32 Å². The fourth-order valence-corrected chi connectivity index (χ4v) is 5.49. The van der Waals surface area contributed by atoms with Crippen LogP contribution in [0.2, 0.25) is 0 Å². The van der Waals surface area contributed by atoms with Crippen molar-refractivity contribution in [2.75, 3.05) is 18.4 Å². The Balaban J connectivity index is 1.29. The maximum atomic E-state index is 11.6. The summed E-state index contributed by atoms with van der Waals surface area (Å²) in [4.78, 5) is 23.2. The third-order valence-electron chi connectivity index (χ3n) is 7.39. The first-order valence-electron chi connectivity index (χ1n) is 12.5. The number of nitrogens with one attached hydrogen (secondary N) is 1. The van der Waals surface area contributed by atoms with Gasteiger partial charge in [-0.05, 0) is 25.2 Å². The lowest BCUT2D eigenvalue weighted by molar-refractivity contribution is -0.130. The highest BCUT2D eigenvalue weighted by atomic mass is 16.2. The number of rotatable bonds is 4. The molecule has 0 saturated carbocycles. The Kier molecular flexibility index (Phi) is 5.55. The Morgan fingerprint density at radius 1 is 1.11 bits per heavy atom. The average Bonchev–Trinajstić information content (AvgIpc) is 3.48. The van der Waals surface area contributed by atoms with E-state index in [1.54, 1.807) is 6.92 Å². The number of carbonyl (C=O) groups excluding carboxylic acids is 1. The molecule has 3 aromatic heterocycles. The first-order chi connectivity index (χ1) is 17.5. The molecule has 1 aliphatic carbocycles. The van der Waals surface area contributed by atoms with E-state index in [4.69, 9.17) is 10.1 Å². The van der Waals surface area contributed by atoms with E-state index in [1.807, 2.05) is 46.0 Å². The minimum absolute atomic E-state index is 0.141. The molecular weight excluding hydrogens is 452 g/mol. The zero-order valence-corrected chi connectivity index (χ0v) is 20.8. The van der Waals surface area contributed by atoms with Crippen LogP contribution in [-0.2, 0) is 18.3 Å². The van der Waals surface area contributed by atoms with Crippen LogP contribution in [-0.4, -0.2) is 53.4 Å². The van der Waals surface area contributed by atoms with Gasteiger partial charge >= 0.3 is 0 Å². The SMILES string of the molecule is CC(=O)N1CCC(n2cc(Nc3ncc4c(n3)-c3c(nn(C)c3-c3ccccc3)CC4C)cn2)CC1. The molecule has 1 aliphatic heterocycles. The predicted octanol–water partition coefficient (Wildman–Crippen LogP) is 4.33. The molecule has 4 heterocycles. The topological polar surface area (TPSA) is 93.8 Å². The van der Waals surface area contributed by atoms with Crippen LogP contribution in [0.1, 0.15) is 49.9 Å². The maximum absolute atomic E-state index is 11.6. The molecule has 36 heavy (non-hydrogen) atoms. The molecule has 1 fully saturated rings. The van der Waals surface area contributed by atoms with Gasteiger partial charge in [-0.1, -0.05) is 37.3 Å². The fourth-order valence-electron chi connectivity index (χ4n) is 5.49. The van der Waals surface area contributed by atoms with Crippen molar-refractivity contribution in [3.05, 3.63) is 60.2 Å². The van der Waals surface area contributed by atoms with Crippen molar-refractivity contribution in [2.45, 2.75) is 45.1 Å². The van der Waals surface area contributed by atoms with Crippen molar-refractivity contribution in [1.29, 1.82) is 0 Å². The molecule has 4 aromatic rings. The number of anilines is 2. The summed E-state index contributed by atoms with van der Waals surface area (Å²) in [6.45, 7) is 5.38. The first-order valence-corrected chi connectivity index (χ1v) is 12.5. The molecule has 1 aromatic carbocycles. The summed E-state index contributed by atoms with van der Waals surface area (Å²) >= 11 is 0. The molecule has 1 saturated heterocycles. The van der Waals surface area contributed by atoms with Gasteiger partial charge in [0.2, 0.25) is 11.9 Å². The molecule has 6 rings (SSSR count). The molecular formula is C27H30N8O. The van der Waals surface area contributed by atoms with Crippen molar-refractivity contribution in [3.63, 3.8) is 0 Å². The second-order valence-corrected chi connectivity index (χ2v) is 9.83. The second-order valence-electron chi connectivity index (χ2n) is 9.83. The smallest absolute Gasteiger partial charge is 0.227 e. The lowest BCUT2D eigenvalue weighted by atomic mass is 9.85. The van der Waals surface area contributed by atoms with Gasteiger partial charge in [0.25, 0.3) is 0 Å². The number of piperidine rings is 1. The molecule has 1 amide bonds. The van der Waals surface area contributed by atoms with Crippen LogP contribution in [0.4, 0.5) is 11.6 Å². The number of likely N-dealkylation sites (tertiary alicyclic amines) is 1. The molecule has 1 N–H and O–H groups in total. The van der Waals surface area contributed by atoms with Crippen LogP contribution >= 0.6 is 0 Å². The third-order valence-corrected chi connectivity index (χ3v) is 7.39. The van der Waals surface area contributed by atoms with Gasteiger partial charge in [-0.15, -0.1) is 0 Å². The van der Waals surface area contributed by atoms with Crippen LogP contribution in [0.5, 0.6) is 0 Å². The zero-order chi connectivity index (χ0) is 24.8. The largest absolute Gasteiger partial charge is 0.343 e. The van der Waals surface area contributed by atoms with Crippen LogP contribution in [0, 0.1) is 0 Å². The minimum atomic E-state index is 0.141. The van der Waals surface area contributed by atoms with Gasteiger partial charge < -0.3 is 10.2 Å². The van der Waals surface area contributed by atoms with Gasteiger partial charge in [0.05, 0.1) is 35.0 Å². The molecule has 184 valence electrons. The summed E-state index contributed by atoms with van der Waals surface area (Å²) in [7, 11) is 2.00. The van der Waals surface area contributed by atoms with E-state index in [0.717, 1.165) is 71.8 Å². The Bertz CT molecular complexity index is 1420. The van der Waals surface area contributed by atoms with Crippen LogP contribution in [0.25, 0.3) is 22.5 Å². The zero-order valence-electron chi connectivity index (χ0n) is 20.8. The predicted molar refractivity (Wildman–Crippen MR) is 138 cm³/mol. The van der Waals surface area contributed by atoms with Gasteiger partial charge in [0.1, 0.15) is 0 Å². The second kappa shape index (κ2) is 8.89. The number of carbonyl (C=O) groups is 1. The number of aryl methyl sites for hydroxylation is 1. The van der Waals surface area contributed by atoms with Gasteiger partial charge in [-0.25, -0.2) is 9.97 Å². The number of aromatic nitrogens is 6. The average molecular weight is 483 g/mol. The molecule has 9 heteroatoms. The number of nitrogens with zero attached hydrogens (tertiary/aromatic N) is 7. The highest BCUT2D eigenvalue weighted by molar-refractivity contribution is 5.84. The van der Waals surface area contributed by atoms with Crippen molar-refractivity contribution in [2.24, 2.45) is 7.05 Å². The van der Waals surface area contributed by atoms with Gasteiger partial charge in [-0.2, -0.15) is 10.2 Å². The molecule has 0 bridgehead atoms. The van der Waals surface area contributed by atoms with E-state index in [9.17, 15) is 4.79 Å². The van der Waals surface area contributed by atoms with Crippen LogP contribution in [0.3, 0.4) is 0 Å². The number of hydrogen-bond acceptors (Lipinski definition) is 6. The molecule has 1 unspecified atom stereocenters. The summed E-state index contributed by atoms with van der Waals surface area (Å²) in [5.41, 5.74) is 7.30. The van der Waals surface area contributed by atoms with Crippen molar-refractivity contribution < 1.29 is 4.79 Å². The quantitative estimate of drug-likeness (QED) is 0.465. The van der Waals surface area contributed by atoms with Crippen LogP contribution in [0.15, 0.2) is 48.9 Å². The summed E-state index contributed by atoms with van der Waals surface area (Å²) in [6, 6.07) is 10.6. The Morgan fingerprint density at radius 3 is 2.64 bits per heavy atom. The Hall–Kier alpha value is -4.01. The molecule has 9 nitrogen and oxygen atoms in total. The van der Waals surface area contributed by atoms with E-state index in [0.29, 0.717) is 11.9 Å². The fraction of sp³-hybridized carbons (Fsp3) is 0.370. The van der Waals surface area contributed by atoms with Gasteiger partial charge in [-0.3, -0.25) is 14.2 Å². The lowest BCUT2D eigenvalue weighted by Crippen LogP contribution is -2.37. The van der Waals surface area contributed by atoms with Gasteiger partial charge in [0, 0.05) is 56.1 Å². The van der Waals surface area contributed by atoms with E-state index >= 15 is 0 Å².